The number of carbonyl (C=O) groups is 1. The molecule has 2 aromatic carbocycles. The quantitative estimate of drug-likeness (QED) is 0.250. The summed E-state index contributed by atoms with van der Waals surface area (Å²) in [5, 5.41) is 17.3. The van der Waals surface area contributed by atoms with Crippen molar-refractivity contribution in [3.8, 4) is 11.5 Å². The van der Waals surface area contributed by atoms with Gasteiger partial charge in [-0.1, -0.05) is 18.2 Å². The van der Waals surface area contributed by atoms with Gasteiger partial charge in [0.25, 0.3) is 0 Å². The smallest absolute Gasteiger partial charge is 0.360 e. The molecule has 2 aromatic rings. The molecule has 0 spiro atoms. The minimum Gasteiger partial charge on any atom is -0.507 e. The van der Waals surface area contributed by atoms with Gasteiger partial charge in [0.05, 0.1) is 0 Å². The molecule has 1 aliphatic rings. The van der Waals surface area contributed by atoms with Crippen molar-refractivity contribution in [3.63, 3.8) is 0 Å². The van der Waals surface area contributed by atoms with Crippen LogP contribution in [0.15, 0.2) is 65.5 Å². The van der Waals surface area contributed by atoms with Gasteiger partial charge < -0.3 is 39.6 Å². The van der Waals surface area contributed by atoms with Gasteiger partial charge in [0.2, 0.25) is 0 Å². The fourth-order valence-electron chi connectivity index (χ4n) is 3.23. The number of hydrogen-bond donors (Lipinski definition) is 8. The number of rotatable bonds is 5. The van der Waals surface area contributed by atoms with E-state index in [0.29, 0.717) is 0 Å². The molecular formula is C19H17O12P3. The first-order valence-corrected chi connectivity index (χ1v) is 13.9. The number of phenolic OH excluding ortho intramolecular Hbond substituents is 2. The second kappa shape index (κ2) is 8.87. The Kier molecular flexibility index (Phi) is 6.78. The first-order chi connectivity index (χ1) is 15.5. The van der Waals surface area contributed by atoms with Crippen LogP contribution in [0.3, 0.4) is 0 Å². The molecule has 34 heavy (non-hydrogen) atoms. The van der Waals surface area contributed by atoms with Crippen molar-refractivity contribution in [2.45, 2.75) is 0 Å². The first-order valence-electron chi connectivity index (χ1n) is 9.03. The molecule has 0 amide bonds. The fraction of sp³-hybridized carbons (Fsp3) is 0. The van der Waals surface area contributed by atoms with Gasteiger partial charge in [-0.25, -0.2) is 0 Å². The van der Waals surface area contributed by atoms with Crippen LogP contribution >= 0.6 is 22.8 Å². The molecule has 0 aromatic heterocycles. The number of carbonyl (C=O) groups excluding carboxylic acids is 1. The molecule has 3 rings (SSSR count). The Labute approximate surface area is 191 Å². The molecule has 15 heteroatoms. The van der Waals surface area contributed by atoms with E-state index in [1.807, 2.05) is 0 Å². The van der Waals surface area contributed by atoms with Gasteiger partial charge in [-0.15, -0.1) is 0 Å². The van der Waals surface area contributed by atoms with Crippen LogP contribution in [0.2, 0.25) is 0 Å². The van der Waals surface area contributed by atoms with E-state index in [0.717, 1.165) is 42.5 Å². The highest BCUT2D eigenvalue weighted by Gasteiger charge is 2.31. The Morgan fingerprint density at radius 1 is 0.647 bits per heavy atom. The molecule has 0 saturated heterocycles. The number of allylic oxidation sites excluding steroid dienone is 5. The second-order valence-electron chi connectivity index (χ2n) is 7.10. The topological polar surface area (TPSA) is 230 Å². The van der Waals surface area contributed by atoms with Crippen molar-refractivity contribution in [3.05, 3.63) is 76.6 Å². The normalized spacial score (nSPS) is 14.8. The molecule has 180 valence electrons. The Bertz CT molecular complexity index is 1360. The monoisotopic (exact) mass is 530 g/mol. The standard InChI is InChI=1S/C19H17O12P3/c20-13-4-1-10(7-16(13)32(23,24)25)19(11-2-5-14(21)17(8-11)33(26,27)28)12-3-6-15(22)18(9-12)34(29,30)31/h1-9,20-21H,(H2,23,24,25)(H2,26,27,28)(H2,29,30,31). The predicted octanol–water partition coefficient (Wildman–Crippen LogP) is 0.706. The summed E-state index contributed by atoms with van der Waals surface area (Å²) in [5.74, 6) is -2.48. The zero-order valence-corrected chi connectivity index (χ0v) is 19.4. The van der Waals surface area contributed by atoms with E-state index in [9.17, 15) is 58.1 Å². The summed E-state index contributed by atoms with van der Waals surface area (Å²) in [5.41, 5.74) is -0.232. The summed E-state index contributed by atoms with van der Waals surface area (Å²) >= 11 is 0. The Morgan fingerprint density at radius 3 is 1.47 bits per heavy atom. The van der Waals surface area contributed by atoms with Crippen molar-refractivity contribution in [1.29, 1.82) is 0 Å². The molecule has 0 heterocycles. The van der Waals surface area contributed by atoms with Crippen LogP contribution in [0.4, 0.5) is 0 Å². The molecule has 0 unspecified atom stereocenters. The third-order valence-electron chi connectivity index (χ3n) is 4.72. The molecule has 0 fully saturated rings. The Hall–Kier alpha value is -2.62. The van der Waals surface area contributed by atoms with Gasteiger partial charge in [0, 0.05) is 0 Å². The van der Waals surface area contributed by atoms with E-state index in [-0.39, 0.29) is 22.3 Å². The maximum Gasteiger partial charge on any atom is 0.360 e. The lowest BCUT2D eigenvalue weighted by Crippen LogP contribution is -2.10. The number of hydrogen-bond acceptors (Lipinski definition) is 6. The molecule has 0 saturated carbocycles. The summed E-state index contributed by atoms with van der Waals surface area (Å²) < 4.78 is 35.4. The Balaban J connectivity index is 2.44. The van der Waals surface area contributed by atoms with Crippen LogP contribution in [-0.4, -0.2) is 45.4 Å². The molecule has 12 nitrogen and oxygen atoms in total. The van der Waals surface area contributed by atoms with E-state index in [2.05, 4.69) is 0 Å². The fourth-order valence-corrected chi connectivity index (χ4v) is 5.25. The van der Waals surface area contributed by atoms with Crippen LogP contribution in [0.25, 0.3) is 5.57 Å². The molecule has 0 atom stereocenters. The molecule has 0 radical (unpaired) electrons. The Morgan fingerprint density at radius 2 is 1.09 bits per heavy atom. The first kappa shape index (κ1) is 26.0. The SMILES string of the molecule is O=C1C=CC(=C(c2ccc(O)c(P(=O)(O)O)c2)c2ccc(O)c(P(=O)(O)O)c2)C=C1P(=O)(O)O. The number of benzene rings is 2. The summed E-state index contributed by atoms with van der Waals surface area (Å²) in [6.07, 6.45) is 2.83. The van der Waals surface area contributed by atoms with E-state index >= 15 is 0 Å². The van der Waals surface area contributed by atoms with Crippen molar-refractivity contribution in [2.75, 3.05) is 0 Å². The van der Waals surface area contributed by atoms with Crippen LogP contribution in [0.1, 0.15) is 11.1 Å². The van der Waals surface area contributed by atoms with Gasteiger partial charge in [0.15, 0.2) is 5.78 Å². The summed E-state index contributed by atoms with van der Waals surface area (Å²) in [4.78, 5) is 69.3. The minimum atomic E-state index is -5.05. The van der Waals surface area contributed by atoms with E-state index < -0.39 is 56.0 Å². The van der Waals surface area contributed by atoms with Gasteiger partial charge in [-0.05, 0) is 58.7 Å². The summed E-state index contributed by atoms with van der Waals surface area (Å²) in [6.45, 7) is 0. The lowest BCUT2D eigenvalue weighted by Gasteiger charge is -2.18. The van der Waals surface area contributed by atoms with E-state index in [4.69, 9.17) is 0 Å². The highest BCUT2D eigenvalue weighted by atomic mass is 31.2. The number of aromatic hydroxyl groups is 2. The second-order valence-corrected chi connectivity index (χ2v) is 11.8. The van der Waals surface area contributed by atoms with Crippen LogP contribution in [-0.2, 0) is 18.5 Å². The van der Waals surface area contributed by atoms with Gasteiger partial charge in [0.1, 0.15) is 27.4 Å². The average Bonchev–Trinajstić information content (AvgIpc) is 2.69. The zero-order chi connectivity index (χ0) is 25.6. The van der Waals surface area contributed by atoms with Crippen LogP contribution in [0, 0.1) is 0 Å². The van der Waals surface area contributed by atoms with E-state index in [1.54, 1.807) is 0 Å². The third-order valence-corrected chi connectivity index (χ3v) is 7.67. The largest absolute Gasteiger partial charge is 0.507 e. The van der Waals surface area contributed by atoms with Crippen LogP contribution in [0.5, 0.6) is 11.5 Å². The minimum absolute atomic E-state index is 0.0474. The number of phenols is 2. The molecule has 0 aliphatic heterocycles. The van der Waals surface area contributed by atoms with Gasteiger partial charge in [-0.2, -0.15) is 0 Å². The number of ketones is 1. The summed E-state index contributed by atoms with van der Waals surface area (Å²) in [6, 6.07) is 6.04. The highest BCUT2D eigenvalue weighted by molar-refractivity contribution is 7.60. The summed E-state index contributed by atoms with van der Waals surface area (Å²) in [7, 11) is -15.0. The third kappa shape index (κ3) is 5.37. The lowest BCUT2D eigenvalue weighted by molar-refractivity contribution is -0.110. The zero-order valence-electron chi connectivity index (χ0n) is 16.7. The van der Waals surface area contributed by atoms with Crippen molar-refractivity contribution in [1.82, 2.24) is 0 Å². The maximum atomic E-state index is 12.0. The van der Waals surface area contributed by atoms with Crippen molar-refractivity contribution < 1.29 is 58.1 Å². The highest BCUT2D eigenvalue weighted by Crippen LogP contribution is 2.48. The van der Waals surface area contributed by atoms with Gasteiger partial charge >= 0.3 is 22.8 Å². The molecule has 0 bridgehead atoms. The lowest BCUT2D eigenvalue weighted by atomic mass is 9.90. The maximum absolute atomic E-state index is 12.0. The molecule has 8 N–H and O–H groups in total. The molecule has 1 aliphatic carbocycles. The average molecular weight is 530 g/mol. The van der Waals surface area contributed by atoms with Gasteiger partial charge in [-0.3, -0.25) is 18.5 Å². The van der Waals surface area contributed by atoms with Crippen molar-refractivity contribution in [2.24, 2.45) is 0 Å². The molecular weight excluding hydrogens is 513 g/mol. The predicted molar refractivity (Wildman–Crippen MR) is 120 cm³/mol. The van der Waals surface area contributed by atoms with E-state index in [1.165, 1.54) is 12.1 Å². The van der Waals surface area contributed by atoms with Crippen LogP contribution < -0.4 is 10.6 Å². The van der Waals surface area contributed by atoms with Crippen molar-refractivity contribution >= 4 is 44.8 Å².